The zero-order valence-electron chi connectivity index (χ0n) is 6.42. The Labute approximate surface area is 66.0 Å². The van der Waals surface area contributed by atoms with Crippen molar-refractivity contribution < 1.29 is 4.79 Å². The van der Waals surface area contributed by atoms with Crippen LogP contribution in [0.15, 0.2) is 18.2 Å². The van der Waals surface area contributed by atoms with Crippen molar-refractivity contribution in [2.45, 2.75) is 13.3 Å². The van der Waals surface area contributed by atoms with Crippen molar-refractivity contribution in [3.05, 3.63) is 35.4 Å². The molecule has 1 aromatic rings. The van der Waals surface area contributed by atoms with Crippen molar-refractivity contribution in [1.82, 2.24) is 0 Å². The highest BCUT2D eigenvalue weighted by molar-refractivity contribution is 5.76. The number of primary amides is 1. The molecule has 0 fully saturated rings. The number of rotatable bonds is 2. The molecule has 2 N–H and O–H groups in total. The second-order valence-electron chi connectivity index (χ2n) is 2.52. The minimum atomic E-state index is -0.296. The molecule has 1 rings (SSSR count). The molecule has 1 amide bonds. The van der Waals surface area contributed by atoms with Gasteiger partial charge in [0.1, 0.15) is 0 Å². The van der Waals surface area contributed by atoms with E-state index < -0.39 is 0 Å². The van der Waals surface area contributed by atoms with Gasteiger partial charge >= 0.3 is 0 Å². The molecule has 0 saturated carbocycles. The van der Waals surface area contributed by atoms with Crippen LogP contribution in [0, 0.1) is 13.0 Å². The highest BCUT2D eigenvalue weighted by Crippen LogP contribution is 2.02. The molecule has 0 unspecified atom stereocenters. The molecule has 0 saturated heterocycles. The molecule has 0 aliphatic rings. The molecular formula is C9H10NO. The third-order valence-corrected chi connectivity index (χ3v) is 1.39. The van der Waals surface area contributed by atoms with Crippen LogP contribution in [0.5, 0.6) is 0 Å². The number of hydrogen-bond acceptors (Lipinski definition) is 1. The van der Waals surface area contributed by atoms with Gasteiger partial charge in [0.25, 0.3) is 0 Å². The smallest absolute Gasteiger partial charge is 0.221 e. The number of carbonyl (C=O) groups is 1. The van der Waals surface area contributed by atoms with Gasteiger partial charge in [-0.3, -0.25) is 4.79 Å². The van der Waals surface area contributed by atoms with Gasteiger partial charge in [-0.25, -0.2) is 0 Å². The van der Waals surface area contributed by atoms with E-state index in [-0.39, 0.29) is 5.91 Å². The second kappa shape index (κ2) is 3.19. The van der Waals surface area contributed by atoms with Gasteiger partial charge in [0.05, 0.1) is 6.42 Å². The van der Waals surface area contributed by atoms with Gasteiger partial charge in [0.2, 0.25) is 5.91 Å². The first-order valence-electron chi connectivity index (χ1n) is 3.44. The Morgan fingerprint density at radius 1 is 1.73 bits per heavy atom. The maximum atomic E-state index is 10.5. The molecule has 0 aromatic heterocycles. The Hall–Kier alpha value is -1.31. The normalized spacial score (nSPS) is 9.55. The van der Waals surface area contributed by atoms with Crippen LogP contribution in [-0.2, 0) is 11.2 Å². The number of hydrogen-bond donors (Lipinski definition) is 1. The Morgan fingerprint density at radius 3 is 3.00 bits per heavy atom. The lowest BCUT2D eigenvalue weighted by Crippen LogP contribution is -2.13. The van der Waals surface area contributed by atoms with Crippen molar-refractivity contribution in [3.63, 3.8) is 0 Å². The fourth-order valence-electron chi connectivity index (χ4n) is 0.959. The second-order valence-corrected chi connectivity index (χ2v) is 2.52. The van der Waals surface area contributed by atoms with E-state index in [1.54, 1.807) is 6.07 Å². The Morgan fingerprint density at radius 2 is 2.45 bits per heavy atom. The Bertz CT molecular complexity index is 268. The summed E-state index contributed by atoms with van der Waals surface area (Å²) in [5, 5.41) is 0. The van der Waals surface area contributed by atoms with Crippen LogP contribution in [0.2, 0.25) is 0 Å². The highest BCUT2D eigenvalue weighted by Gasteiger charge is 1.96. The van der Waals surface area contributed by atoms with Crippen LogP contribution in [0.4, 0.5) is 0 Å². The van der Waals surface area contributed by atoms with Crippen molar-refractivity contribution >= 4 is 5.91 Å². The zero-order valence-corrected chi connectivity index (χ0v) is 6.42. The predicted molar refractivity (Wildman–Crippen MR) is 42.9 cm³/mol. The monoisotopic (exact) mass is 148 g/mol. The van der Waals surface area contributed by atoms with E-state index in [9.17, 15) is 4.79 Å². The molecule has 0 spiro atoms. The van der Waals surface area contributed by atoms with Gasteiger partial charge in [-0.2, -0.15) is 0 Å². The first kappa shape index (κ1) is 7.79. The summed E-state index contributed by atoms with van der Waals surface area (Å²) in [6.45, 7) is 1.94. The largest absolute Gasteiger partial charge is 0.369 e. The lowest BCUT2D eigenvalue weighted by atomic mass is 10.1. The molecule has 0 heterocycles. The molecular weight excluding hydrogens is 138 g/mol. The third kappa shape index (κ3) is 2.42. The highest BCUT2D eigenvalue weighted by atomic mass is 16.1. The van der Waals surface area contributed by atoms with E-state index >= 15 is 0 Å². The molecule has 1 radical (unpaired) electrons. The minimum Gasteiger partial charge on any atom is -0.369 e. The summed E-state index contributed by atoms with van der Waals surface area (Å²) >= 11 is 0. The molecule has 1 aromatic carbocycles. The quantitative estimate of drug-likeness (QED) is 0.663. The van der Waals surface area contributed by atoms with Gasteiger partial charge in [-0.15, -0.1) is 0 Å². The maximum absolute atomic E-state index is 10.5. The van der Waals surface area contributed by atoms with Gasteiger partial charge in [0, 0.05) is 0 Å². The van der Waals surface area contributed by atoms with E-state index in [0.717, 1.165) is 11.1 Å². The number of nitrogens with two attached hydrogens (primary N) is 1. The number of amides is 1. The summed E-state index contributed by atoms with van der Waals surface area (Å²) < 4.78 is 0. The summed E-state index contributed by atoms with van der Waals surface area (Å²) in [6, 6.07) is 8.54. The van der Waals surface area contributed by atoms with Crippen LogP contribution in [0.3, 0.4) is 0 Å². The molecule has 0 aliphatic carbocycles. The van der Waals surface area contributed by atoms with Crippen LogP contribution in [0.1, 0.15) is 11.1 Å². The average Bonchev–Trinajstić information content (AvgIpc) is 1.85. The van der Waals surface area contributed by atoms with Gasteiger partial charge in [0.15, 0.2) is 0 Å². The van der Waals surface area contributed by atoms with E-state index in [1.165, 1.54) is 0 Å². The molecule has 0 atom stereocenters. The summed E-state index contributed by atoms with van der Waals surface area (Å²) in [5.41, 5.74) is 7.01. The molecule has 57 valence electrons. The third-order valence-electron chi connectivity index (χ3n) is 1.39. The molecule has 11 heavy (non-hydrogen) atoms. The lowest BCUT2D eigenvalue weighted by molar-refractivity contribution is -0.117. The Balaban J connectivity index is 2.79. The fraction of sp³-hybridized carbons (Fsp3) is 0.222. The van der Waals surface area contributed by atoms with Crippen molar-refractivity contribution in [3.8, 4) is 0 Å². The summed E-state index contributed by atoms with van der Waals surface area (Å²) in [6.07, 6.45) is 0.315. The summed E-state index contributed by atoms with van der Waals surface area (Å²) in [4.78, 5) is 10.5. The van der Waals surface area contributed by atoms with Crippen LogP contribution in [-0.4, -0.2) is 5.91 Å². The first-order valence-corrected chi connectivity index (χ1v) is 3.44. The minimum absolute atomic E-state index is 0.296. The summed E-state index contributed by atoms with van der Waals surface area (Å²) in [5.74, 6) is -0.296. The van der Waals surface area contributed by atoms with E-state index in [0.29, 0.717) is 6.42 Å². The molecule has 0 bridgehead atoms. The van der Waals surface area contributed by atoms with Crippen molar-refractivity contribution in [2.24, 2.45) is 5.73 Å². The van der Waals surface area contributed by atoms with E-state index in [1.807, 2.05) is 19.1 Å². The van der Waals surface area contributed by atoms with Crippen LogP contribution in [0.25, 0.3) is 0 Å². The van der Waals surface area contributed by atoms with E-state index in [4.69, 9.17) is 5.73 Å². The van der Waals surface area contributed by atoms with Crippen molar-refractivity contribution in [1.29, 1.82) is 0 Å². The number of benzene rings is 1. The molecule has 0 aliphatic heterocycles. The molecule has 2 heteroatoms. The number of aryl methyl sites for hydroxylation is 1. The summed E-state index contributed by atoms with van der Waals surface area (Å²) in [7, 11) is 0. The predicted octanol–water partition coefficient (Wildman–Crippen LogP) is 0.823. The van der Waals surface area contributed by atoms with Gasteiger partial charge in [-0.1, -0.05) is 18.2 Å². The number of carbonyl (C=O) groups excluding carboxylic acids is 1. The zero-order chi connectivity index (χ0) is 8.27. The Kier molecular flexibility index (Phi) is 2.26. The first-order chi connectivity index (χ1) is 5.18. The SMILES string of the molecule is Cc1[c]ccc(CC(N)=O)c1. The standard InChI is InChI=1S/C9H10NO/c1-7-3-2-4-8(5-7)6-9(10)11/h2,4-5H,6H2,1H3,(H2,10,11). The van der Waals surface area contributed by atoms with Crippen molar-refractivity contribution in [2.75, 3.05) is 0 Å². The van der Waals surface area contributed by atoms with Gasteiger partial charge < -0.3 is 5.73 Å². The fourth-order valence-corrected chi connectivity index (χ4v) is 0.959. The maximum Gasteiger partial charge on any atom is 0.221 e. The topological polar surface area (TPSA) is 43.1 Å². The van der Waals surface area contributed by atoms with Crippen LogP contribution < -0.4 is 5.73 Å². The van der Waals surface area contributed by atoms with Crippen LogP contribution >= 0.6 is 0 Å². The average molecular weight is 148 g/mol. The van der Waals surface area contributed by atoms with Gasteiger partial charge in [-0.05, 0) is 24.1 Å². The van der Waals surface area contributed by atoms with E-state index in [2.05, 4.69) is 6.07 Å². The molecule has 2 nitrogen and oxygen atoms in total. The lowest BCUT2D eigenvalue weighted by Gasteiger charge is -1.97.